The van der Waals surface area contributed by atoms with Crippen molar-refractivity contribution in [3.8, 4) is 0 Å². The minimum atomic E-state index is 0.115. The topological polar surface area (TPSA) is 29.1 Å². The van der Waals surface area contributed by atoms with Crippen LogP contribution < -0.4 is 5.32 Å². The molecular formula is C13H20ClNO. The Balaban J connectivity index is 1.97. The second-order valence-electron chi connectivity index (χ2n) is 4.90. The maximum Gasteiger partial charge on any atom is 0.175 e. The van der Waals surface area contributed by atoms with Crippen LogP contribution >= 0.6 is 11.6 Å². The van der Waals surface area contributed by atoms with Crippen molar-refractivity contribution in [2.45, 2.75) is 63.8 Å². The lowest BCUT2D eigenvalue weighted by Crippen LogP contribution is -2.30. The fraction of sp³-hybridized carbons (Fsp3) is 0.769. The van der Waals surface area contributed by atoms with Crippen molar-refractivity contribution in [1.29, 1.82) is 0 Å². The van der Waals surface area contributed by atoms with Crippen LogP contribution in [0, 0.1) is 0 Å². The van der Waals surface area contributed by atoms with Gasteiger partial charge in [0.25, 0.3) is 0 Å². The Morgan fingerprint density at radius 3 is 2.38 bits per heavy atom. The Kier molecular flexibility index (Phi) is 4.28. The smallest absolute Gasteiger partial charge is 0.175 e. The minimum Gasteiger partial charge on any atom is -0.384 e. The van der Waals surface area contributed by atoms with Crippen LogP contribution in [0.4, 0.5) is 0 Å². The third kappa shape index (κ3) is 3.00. The maximum absolute atomic E-state index is 11.5. The highest BCUT2D eigenvalue weighted by atomic mass is 35.5. The zero-order valence-electron chi connectivity index (χ0n) is 9.73. The molecule has 2 aliphatic carbocycles. The first kappa shape index (κ1) is 12.0. The first-order chi connectivity index (χ1) is 7.77. The van der Waals surface area contributed by atoms with Crippen LogP contribution in [-0.2, 0) is 4.79 Å². The van der Waals surface area contributed by atoms with Crippen LogP contribution in [0.15, 0.2) is 10.7 Å². The van der Waals surface area contributed by atoms with E-state index in [9.17, 15) is 4.79 Å². The summed E-state index contributed by atoms with van der Waals surface area (Å²) in [6.45, 7) is 0. The van der Waals surface area contributed by atoms with Gasteiger partial charge in [-0.1, -0.05) is 37.3 Å². The van der Waals surface area contributed by atoms with Crippen molar-refractivity contribution in [3.63, 3.8) is 0 Å². The highest BCUT2D eigenvalue weighted by molar-refractivity contribution is 6.43. The number of allylic oxidation sites excluding steroid dienone is 2. The molecular weight excluding hydrogens is 222 g/mol. The lowest BCUT2D eigenvalue weighted by atomic mass is 10.0. The van der Waals surface area contributed by atoms with E-state index in [0.717, 1.165) is 18.5 Å². The second kappa shape index (κ2) is 5.72. The molecule has 1 saturated carbocycles. The molecule has 2 rings (SSSR count). The zero-order valence-corrected chi connectivity index (χ0v) is 10.5. The quantitative estimate of drug-likeness (QED) is 0.750. The predicted molar refractivity (Wildman–Crippen MR) is 66.4 cm³/mol. The molecule has 90 valence electrons. The highest BCUT2D eigenvalue weighted by Gasteiger charge is 2.21. The predicted octanol–water partition coefficient (Wildman–Crippen LogP) is 3.50. The van der Waals surface area contributed by atoms with Crippen molar-refractivity contribution in [2.75, 3.05) is 0 Å². The van der Waals surface area contributed by atoms with Crippen molar-refractivity contribution >= 4 is 17.4 Å². The van der Waals surface area contributed by atoms with E-state index in [2.05, 4.69) is 5.32 Å². The molecule has 0 radical (unpaired) electrons. The van der Waals surface area contributed by atoms with Crippen LogP contribution in [0.2, 0.25) is 0 Å². The molecule has 0 aromatic rings. The molecule has 0 saturated heterocycles. The summed E-state index contributed by atoms with van der Waals surface area (Å²) in [4.78, 5) is 11.5. The normalized spacial score (nSPS) is 24.4. The summed E-state index contributed by atoms with van der Waals surface area (Å²) in [7, 11) is 0. The van der Waals surface area contributed by atoms with Crippen LogP contribution in [0.5, 0.6) is 0 Å². The molecule has 16 heavy (non-hydrogen) atoms. The second-order valence-corrected chi connectivity index (χ2v) is 5.28. The van der Waals surface area contributed by atoms with E-state index in [1.807, 2.05) is 0 Å². The monoisotopic (exact) mass is 241 g/mol. The Labute approximate surface area is 102 Å². The molecule has 0 unspecified atom stereocenters. The molecule has 0 atom stereocenters. The van der Waals surface area contributed by atoms with Gasteiger partial charge in [0, 0.05) is 18.2 Å². The number of ketones is 1. The summed E-state index contributed by atoms with van der Waals surface area (Å²) in [5.74, 6) is 0.115. The van der Waals surface area contributed by atoms with E-state index in [1.54, 1.807) is 0 Å². The SMILES string of the molecule is O=C1CCCC(NC2CCCCCC2)=C1Cl. The Morgan fingerprint density at radius 2 is 1.69 bits per heavy atom. The molecule has 2 nitrogen and oxygen atoms in total. The molecule has 0 aromatic carbocycles. The summed E-state index contributed by atoms with van der Waals surface area (Å²) < 4.78 is 0. The number of Topliss-reactive ketones (excluding diaryl/α,β-unsaturated/α-hetero) is 1. The number of carbonyl (C=O) groups is 1. The van der Waals surface area contributed by atoms with Crippen LogP contribution in [0.25, 0.3) is 0 Å². The van der Waals surface area contributed by atoms with Gasteiger partial charge in [-0.2, -0.15) is 0 Å². The van der Waals surface area contributed by atoms with Gasteiger partial charge >= 0.3 is 0 Å². The molecule has 0 aliphatic heterocycles. The summed E-state index contributed by atoms with van der Waals surface area (Å²) >= 11 is 6.06. The van der Waals surface area contributed by atoms with Gasteiger partial charge in [-0.25, -0.2) is 0 Å². The molecule has 0 aromatic heterocycles. The fourth-order valence-electron chi connectivity index (χ4n) is 2.62. The van der Waals surface area contributed by atoms with Crippen LogP contribution in [0.3, 0.4) is 0 Å². The molecule has 1 N–H and O–H groups in total. The largest absolute Gasteiger partial charge is 0.384 e. The lowest BCUT2D eigenvalue weighted by molar-refractivity contribution is -0.115. The number of carbonyl (C=O) groups excluding carboxylic acids is 1. The van der Waals surface area contributed by atoms with E-state index in [-0.39, 0.29) is 5.78 Å². The first-order valence-corrected chi connectivity index (χ1v) is 6.83. The van der Waals surface area contributed by atoms with Crippen LogP contribution in [-0.4, -0.2) is 11.8 Å². The van der Waals surface area contributed by atoms with Crippen molar-refractivity contribution < 1.29 is 4.79 Å². The number of hydrogen-bond acceptors (Lipinski definition) is 2. The Bertz CT molecular complexity index is 290. The first-order valence-electron chi connectivity index (χ1n) is 6.46. The van der Waals surface area contributed by atoms with E-state index >= 15 is 0 Å². The fourth-order valence-corrected chi connectivity index (χ4v) is 2.86. The maximum atomic E-state index is 11.5. The summed E-state index contributed by atoms with van der Waals surface area (Å²) in [5.41, 5.74) is 1.00. The number of halogens is 1. The Hall–Kier alpha value is -0.500. The molecule has 0 heterocycles. The third-order valence-corrected chi connectivity index (χ3v) is 4.01. The summed E-state index contributed by atoms with van der Waals surface area (Å²) in [5, 5.41) is 3.97. The van der Waals surface area contributed by atoms with Crippen molar-refractivity contribution in [2.24, 2.45) is 0 Å². The highest BCUT2D eigenvalue weighted by Crippen LogP contribution is 2.25. The van der Waals surface area contributed by atoms with Crippen LogP contribution in [0.1, 0.15) is 57.8 Å². The van der Waals surface area contributed by atoms with E-state index in [1.165, 1.54) is 38.5 Å². The average Bonchev–Trinajstić information content (AvgIpc) is 2.53. The van der Waals surface area contributed by atoms with Gasteiger partial charge in [-0.3, -0.25) is 4.79 Å². The van der Waals surface area contributed by atoms with E-state index in [0.29, 0.717) is 17.5 Å². The lowest BCUT2D eigenvalue weighted by Gasteiger charge is -2.23. The van der Waals surface area contributed by atoms with E-state index < -0.39 is 0 Å². The number of hydrogen-bond donors (Lipinski definition) is 1. The summed E-state index contributed by atoms with van der Waals surface area (Å²) in [6.07, 6.45) is 10.3. The van der Waals surface area contributed by atoms with Gasteiger partial charge in [-0.15, -0.1) is 0 Å². The van der Waals surface area contributed by atoms with Gasteiger partial charge in [0.2, 0.25) is 0 Å². The Morgan fingerprint density at radius 1 is 1.00 bits per heavy atom. The molecule has 0 spiro atoms. The van der Waals surface area contributed by atoms with Gasteiger partial charge in [0.15, 0.2) is 5.78 Å². The molecule has 0 bridgehead atoms. The molecule has 2 aliphatic rings. The van der Waals surface area contributed by atoms with Gasteiger partial charge in [-0.05, 0) is 25.7 Å². The number of rotatable bonds is 2. The number of nitrogens with one attached hydrogen (secondary N) is 1. The van der Waals surface area contributed by atoms with Crippen molar-refractivity contribution in [1.82, 2.24) is 5.32 Å². The minimum absolute atomic E-state index is 0.115. The standard InChI is InChI=1S/C13H20ClNO/c14-13-11(8-5-9-12(13)16)15-10-6-3-1-2-4-7-10/h10,15H,1-9H2. The van der Waals surface area contributed by atoms with Gasteiger partial charge in [0.05, 0.1) is 0 Å². The van der Waals surface area contributed by atoms with Gasteiger partial charge in [0.1, 0.15) is 5.03 Å². The molecule has 3 heteroatoms. The van der Waals surface area contributed by atoms with Crippen molar-refractivity contribution in [3.05, 3.63) is 10.7 Å². The molecule has 0 amide bonds. The van der Waals surface area contributed by atoms with E-state index in [4.69, 9.17) is 11.6 Å². The average molecular weight is 242 g/mol. The van der Waals surface area contributed by atoms with Gasteiger partial charge < -0.3 is 5.32 Å². The third-order valence-electron chi connectivity index (χ3n) is 3.57. The summed E-state index contributed by atoms with van der Waals surface area (Å²) in [6, 6.07) is 0.539. The zero-order chi connectivity index (χ0) is 11.4. The molecule has 1 fully saturated rings.